The van der Waals surface area contributed by atoms with Crippen LogP contribution in [-0.2, 0) is 4.79 Å². The van der Waals surface area contributed by atoms with E-state index in [4.69, 9.17) is 4.52 Å². The molecule has 0 unspecified atom stereocenters. The third-order valence-electron chi connectivity index (χ3n) is 7.60. The molecule has 3 aliphatic rings. The number of rotatable bonds is 6. The van der Waals surface area contributed by atoms with Gasteiger partial charge >= 0.3 is 0 Å². The van der Waals surface area contributed by atoms with Crippen LogP contribution in [0.25, 0.3) is 10.3 Å². The zero-order valence-electron chi connectivity index (χ0n) is 17.4. The van der Waals surface area contributed by atoms with Crippen LogP contribution in [0.4, 0.5) is 0 Å². The van der Waals surface area contributed by atoms with Gasteiger partial charge in [-0.1, -0.05) is 18.5 Å². The van der Waals surface area contributed by atoms with Crippen LogP contribution in [0.5, 0.6) is 0 Å². The first-order valence-corrected chi connectivity index (χ1v) is 12.4. The molecule has 2 aliphatic carbocycles. The minimum absolute atomic E-state index is 0.262. The van der Waals surface area contributed by atoms with E-state index in [0.717, 1.165) is 56.1 Å². The number of nitrogens with zero attached hydrogens (tertiary/aromatic N) is 2. The Morgan fingerprint density at radius 2 is 2.03 bits per heavy atom. The molecular formula is C23H33N3O2S. The first kappa shape index (κ1) is 19.6. The van der Waals surface area contributed by atoms with E-state index in [-0.39, 0.29) is 5.92 Å². The average Bonchev–Trinajstić information content (AvgIpc) is 3.16. The quantitative estimate of drug-likeness (QED) is 0.737. The largest absolute Gasteiger partial charge is 0.355 e. The second-order valence-corrected chi connectivity index (χ2v) is 10.4. The molecule has 2 saturated carbocycles. The van der Waals surface area contributed by atoms with Crippen molar-refractivity contribution in [1.82, 2.24) is 15.4 Å². The summed E-state index contributed by atoms with van der Waals surface area (Å²) in [4.78, 5) is 15.2. The van der Waals surface area contributed by atoms with Crippen LogP contribution in [0.1, 0.15) is 69.9 Å². The lowest BCUT2D eigenvalue weighted by molar-refractivity contribution is -0.123. The molecule has 5 rings (SSSR count). The molecule has 158 valence electrons. The maximum atomic E-state index is 12.6. The van der Waals surface area contributed by atoms with E-state index < -0.39 is 0 Å². The highest BCUT2D eigenvalue weighted by Crippen LogP contribution is 2.41. The molecule has 0 radical (unpaired) electrons. The Balaban J connectivity index is 1.05. The molecule has 6 heteroatoms. The minimum atomic E-state index is 0.262. The molecule has 3 fully saturated rings. The molecule has 2 aromatic rings. The summed E-state index contributed by atoms with van der Waals surface area (Å²) in [5.74, 6) is 2.55. The third kappa shape index (κ3) is 4.24. The molecule has 5 nitrogen and oxygen atoms in total. The van der Waals surface area contributed by atoms with Gasteiger partial charge in [-0.3, -0.25) is 4.79 Å². The zero-order chi connectivity index (χ0) is 19.8. The Labute approximate surface area is 177 Å². The Morgan fingerprint density at radius 1 is 1.24 bits per heavy atom. The molecule has 1 amide bonds. The van der Waals surface area contributed by atoms with E-state index in [0.29, 0.717) is 23.8 Å². The van der Waals surface area contributed by atoms with Crippen molar-refractivity contribution in [3.05, 3.63) is 17.1 Å². The highest BCUT2D eigenvalue weighted by atomic mass is 32.1. The summed E-state index contributed by atoms with van der Waals surface area (Å²) in [7, 11) is 0. The van der Waals surface area contributed by atoms with Gasteiger partial charge in [-0.05, 0) is 81.3 Å². The van der Waals surface area contributed by atoms with Gasteiger partial charge < -0.3 is 14.7 Å². The van der Waals surface area contributed by atoms with Crippen molar-refractivity contribution >= 4 is 27.5 Å². The number of amides is 1. The lowest BCUT2D eigenvalue weighted by Crippen LogP contribution is -2.39. The summed E-state index contributed by atoms with van der Waals surface area (Å²) in [6.07, 6.45) is 9.57. The Morgan fingerprint density at radius 3 is 2.79 bits per heavy atom. The topological polar surface area (TPSA) is 58.4 Å². The lowest BCUT2D eigenvalue weighted by Gasteiger charge is -2.31. The van der Waals surface area contributed by atoms with Gasteiger partial charge in [-0.15, -0.1) is 11.3 Å². The maximum Gasteiger partial charge on any atom is 0.223 e. The van der Waals surface area contributed by atoms with Crippen molar-refractivity contribution in [3.63, 3.8) is 0 Å². The highest BCUT2D eigenvalue weighted by molar-refractivity contribution is 7.17. The first-order valence-electron chi connectivity index (χ1n) is 11.6. The monoisotopic (exact) mass is 415 g/mol. The number of hydrogen-bond acceptors (Lipinski definition) is 5. The summed E-state index contributed by atoms with van der Waals surface area (Å²) in [5, 5.41) is 9.79. The maximum absolute atomic E-state index is 12.6. The smallest absolute Gasteiger partial charge is 0.223 e. The fourth-order valence-electron chi connectivity index (χ4n) is 5.47. The molecule has 3 heterocycles. The summed E-state index contributed by atoms with van der Waals surface area (Å²) in [6, 6.07) is 2.44. The van der Waals surface area contributed by atoms with Crippen molar-refractivity contribution in [3.8, 4) is 0 Å². The fraction of sp³-hybridized carbons (Fsp3) is 0.739. The number of thiophene rings is 1. The number of likely N-dealkylation sites (tertiary alicyclic amines) is 1. The molecule has 0 spiro atoms. The van der Waals surface area contributed by atoms with Crippen LogP contribution >= 0.6 is 11.3 Å². The van der Waals surface area contributed by atoms with Gasteiger partial charge in [-0.25, -0.2) is 0 Å². The van der Waals surface area contributed by atoms with Gasteiger partial charge in [0.25, 0.3) is 0 Å². The van der Waals surface area contributed by atoms with E-state index in [1.54, 1.807) is 11.3 Å². The summed E-state index contributed by atoms with van der Waals surface area (Å²) < 4.78 is 6.69. The number of fused-ring (bicyclic) bond motifs is 1. The second kappa shape index (κ2) is 8.38. The number of hydrogen-bond donors (Lipinski definition) is 1. The minimum Gasteiger partial charge on any atom is -0.355 e. The van der Waals surface area contributed by atoms with Crippen LogP contribution in [-0.4, -0.2) is 41.6 Å². The van der Waals surface area contributed by atoms with E-state index in [1.807, 2.05) is 6.07 Å². The number of carbonyl (C=O) groups excluding carboxylic acids is 1. The molecule has 1 N–H and O–H groups in total. The van der Waals surface area contributed by atoms with E-state index in [1.165, 1.54) is 36.8 Å². The molecule has 1 saturated heterocycles. The van der Waals surface area contributed by atoms with Crippen molar-refractivity contribution in [2.45, 2.75) is 70.3 Å². The van der Waals surface area contributed by atoms with Crippen LogP contribution in [0, 0.1) is 17.8 Å². The van der Waals surface area contributed by atoms with Crippen molar-refractivity contribution in [2.75, 3.05) is 19.6 Å². The van der Waals surface area contributed by atoms with Gasteiger partial charge in [0.1, 0.15) is 5.69 Å². The van der Waals surface area contributed by atoms with Gasteiger partial charge in [0.05, 0.1) is 4.70 Å². The number of aromatic nitrogens is 1. The summed E-state index contributed by atoms with van der Waals surface area (Å²) >= 11 is 1.74. The lowest BCUT2D eigenvalue weighted by atomic mass is 9.84. The van der Waals surface area contributed by atoms with E-state index in [2.05, 4.69) is 27.7 Å². The van der Waals surface area contributed by atoms with Crippen molar-refractivity contribution in [2.24, 2.45) is 17.8 Å². The van der Waals surface area contributed by atoms with Gasteiger partial charge in [0.2, 0.25) is 5.91 Å². The SMILES string of the molecule is CCC1CCC(NC(=O)[C@@H]2C[C@H]2CN2CCC(c3noc4ccsc34)CC2)CC1. The van der Waals surface area contributed by atoms with E-state index >= 15 is 0 Å². The van der Waals surface area contributed by atoms with Crippen LogP contribution in [0.15, 0.2) is 16.0 Å². The molecule has 2 aromatic heterocycles. The second-order valence-electron chi connectivity index (χ2n) is 9.49. The molecule has 1 aliphatic heterocycles. The predicted molar refractivity (Wildman–Crippen MR) is 116 cm³/mol. The van der Waals surface area contributed by atoms with Gasteiger partial charge in [0.15, 0.2) is 5.58 Å². The highest BCUT2D eigenvalue weighted by Gasteiger charge is 2.44. The average molecular weight is 416 g/mol. The van der Waals surface area contributed by atoms with Gasteiger partial charge in [0, 0.05) is 24.4 Å². The van der Waals surface area contributed by atoms with Gasteiger partial charge in [-0.2, -0.15) is 0 Å². The van der Waals surface area contributed by atoms with Crippen molar-refractivity contribution < 1.29 is 9.32 Å². The number of piperidine rings is 1. The first-order chi connectivity index (χ1) is 14.2. The van der Waals surface area contributed by atoms with Crippen LogP contribution < -0.4 is 5.32 Å². The molecule has 0 aromatic carbocycles. The normalized spacial score (nSPS) is 31.2. The molecular weight excluding hydrogens is 382 g/mol. The Kier molecular flexibility index (Phi) is 5.65. The van der Waals surface area contributed by atoms with E-state index in [9.17, 15) is 4.79 Å². The van der Waals surface area contributed by atoms with Crippen LogP contribution in [0.3, 0.4) is 0 Å². The molecule has 0 bridgehead atoms. The fourth-order valence-corrected chi connectivity index (χ4v) is 6.34. The molecule has 2 atom stereocenters. The van der Waals surface area contributed by atoms with Crippen molar-refractivity contribution in [1.29, 1.82) is 0 Å². The Bertz CT molecular complexity index is 830. The zero-order valence-corrected chi connectivity index (χ0v) is 18.3. The number of carbonyl (C=O) groups is 1. The predicted octanol–water partition coefficient (Wildman–Crippen LogP) is 4.79. The standard InChI is InChI=1S/C23H33N3O2S/c1-2-15-3-5-18(6-4-15)24-23(27)19-13-17(19)14-26-10-7-16(8-11-26)21-22-20(28-25-21)9-12-29-22/h9,12,15-19H,2-8,10-11,13-14H2,1H3,(H,24,27)/t15?,17-,18?,19+/m0/s1. The summed E-state index contributed by atoms with van der Waals surface area (Å²) in [6.45, 7) is 5.59. The third-order valence-corrected chi connectivity index (χ3v) is 8.52. The Hall–Kier alpha value is -1.40. The number of nitrogens with one attached hydrogen (secondary N) is 1. The summed E-state index contributed by atoms with van der Waals surface area (Å²) in [5.41, 5.74) is 2.10. The molecule has 29 heavy (non-hydrogen) atoms. The van der Waals surface area contributed by atoms with Crippen LogP contribution in [0.2, 0.25) is 0 Å².